The molecule has 0 heterocycles. The van der Waals surface area contributed by atoms with Gasteiger partial charge in [-0.2, -0.15) is 0 Å². The average Bonchev–Trinajstić information content (AvgIpc) is 1.63. The molecule has 0 radical (unpaired) electrons. The second-order valence-corrected chi connectivity index (χ2v) is 1.88. The summed E-state index contributed by atoms with van der Waals surface area (Å²) in [4.78, 5) is 10.3. The Hall–Kier alpha value is -0.610. The van der Waals surface area contributed by atoms with Crippen LogP contribution in [0.25, 0.3) is 0 Å². The Bertz CT molecular complexity index is 91.7. The maximum atomic E-state index is 10.3. The van der Waals surface area contributed by atoms with E-state index in [2.05, 4.69) is 0 Å². The predicted octanol–water partition coefficient (Wildman–Crippen LogP) is -0.240. The van der Waals surface area contributed by atoms with Crippen LogP contribution in [0.4, 0.5) is 0 Å². The van der Waals surface area contributed by atoms with Crippen LogP contribution < -0.4 is 0 Å². The number of hydrogen-bond acceptors (Lipinski definition) is 3. The monoisotopic (exact) mass is 150 g/mol. The zero-order valence-corrected chi connectivity index (χ0v) is 6.51. The first kappa shape index (κ1) is 12.1. The Morgan fingerprint density at radius 2 is 2.10 bits per heavy atom. The summed E-state index contributed by atoms with van der Waals surface area (Å²) in [7, 11) is 1.57. The van der Waals surface area contributed by atoms with Gasteiger partial charge in [-0.3, -0.25) is 4.79 Å². The third kappa shape index (κ3) is 7.39. The number of methoxy groups -OCH3 is 1. The molecule has 0 rings (SSSR count). The summed E-state index contributed by atoms with van der Waals surface area (Å²) in [5.74, 6) is -0.264. The molecular weight excluding hydrogens is 136 g/mol. The highest BCUT2D eigenvalue weighted by Gasteiger charge is 2.02. The van der Waals surface area contributed by atoms with E-state index < -0.39 is 0 Å². The Labute approximate surface area is 60.4 Å². The topological polar surface area (TPSA) is 67.0 Å². The molecule has 4 heteroatoms. The molecule has 4 nitrogen and oxygen atoms in total. The molecule has 0 bridgehead atoms. The number of carbonyl (C=O) groups excluding carboxylic acids is 1. The van der Waals surface area contributed by atoms with Crippen LogP contribution >= 0.6 is 0 Å². The van der Waals surface area contributed by atoms with Gasteiger partial charge in [-0.15, -0.1) is 0 Å². The molecule has 0 amide bonds. The first-order chi connectivity index (χ1) is 4.16. The number of hydrogen-bond donors (Lipinski definition) is 0. The molecule has 0 spiro atoms. The molecule has 0 aromatic carbocycles. The van der Waals surface area contributed by atoms with Gasteiger partial charge in [-0.05, 0) is 6.92 Å². The fraction of sp³-hybridized carbons (Fsp3) is 0.833. The molecular formula is C6H14O4. The third-order valence-electron chi connectivity index (χ3n) is 0.769. The standard InChI is InChI=1S/C6H12O3.H2O/c1-5(4-8-3)9-6(2)7;/h5H,4H2,1-3H3;1H2. The fourth-order valence-corrected chi connectivity index (χ4v) is 0.552. The largest absolute Gasteiger partial charge is 0.460 e. The lowest BCUT2D eigenvalue weighted by Crippen LogP contribution is -2.17. The van der Waals surface area contributed by atoms with Gasteiger partial charge in [0.1, 0.15) is 6.10 Å². The van der Waals surface area contributed by atoms with Gasteiger partial charge in [0.15, 0.2) is 0 Å². The van der Waals surface area contributed by atoms with Crippen LogP contribution in [0.1, 0.15) is 13.8 Å². The quantitative estimate of drug-likeness (QED) is 0.521. The van der Waals surface area contributed by atoms with Crippen molar-refractivity contribution in [3.05, 3.63) is 0 Å². The van der Waals surface area contributed by atoms with Gasteiger partial charge in [0.05, 0.1) is 6.61 Å². The molecule has 2 N–H and O–H groups in total. The van der Waals surface area contributed by atoms with Crippen molar-refractivity contribution >= 4 is 5.97 Å². The van der Waals surface area contributed by atoms with Gasteiger partial charge >= 0.3 is 5.97 Å². The van der Waals surface area contributed by atoms with Crippen molar-refractivity contribution in [3.63, 3.8) is 0 Å². The molecule has 0 aliphatic rings. The lowest BCUT2D eigenvalue weighted by molar-refractivity contribution is -0.147. The van der Waals surface area contributed by atoms with E-state index in [1.54, 1.807) is 14.0 Å². The highest BCUT2D eigenvalue weighted by Crippen LogP contribution is 1.90. The van der Waals surface area contributed by atoms with E-state index >= 15 is 0 Å². The summed E-state index contributed by atoms with van der Waals surface area (Å²) in [6.45, 7) is 3.62. The van der Waals surface area contributed by atoms with Crippen LogP contribution in [0.3, 0.4) is 0 Å². The maximum Gasteiger partial charge on any atom is 0.302 e. The number of rotatable bonds is 3. The molecule has 0 aliphatic carbocycles. The molecule has 10 heavy (non-hydrogen) atoms. The van der Waals surface area contributed by atoms with Crippen molar-refractivity contribution in [1.29, 1.82) is 0 Å². The van der Waals surface area contributed by atoms with E-state index in [4.69, 9.17) is 9.47 Å². The van der Waals surface area contributed by atoms with Gasteiger partial charge in [-0.1, -0.05) is 0 Å². The van der Waals surface area contributed by atoms with E-state index in [0.29, 0.717) is 6.61 Å². The average molecular weight is 150 g/mol. The lowest BCUT2D eigenvalue weighted by atomic mass is 10.4. The van der Waals surface area contributed by atoms with Crippen molar-refractivity contribution in [3.8, 4) is 0 Å². The van der Waals surface area contributed by atoms with Crippen molar-refractivity contribution in [1.82, 2.24) is 0 Å². The maximum absolute atomic E-state index is 10.3. The summed E-state index contributed by atoms with van der Waals surface area (Å²) in [5, 5.41) is 0. The summed E-state index contributed by atoms with van der Waals surface area (Å²) in [5.41, 5.74) is 0. The van der Waals surface area contributed by atoms with Crippen LogP contribution in [0, 0.1) is 0 Å². The number of esters is 1. The zero-order valence-electron chi connectivity index (χ0n) is 6.51. The Kier molecular flexibility index (Phi) is 7.88. The smallest absolute Gasteiger partial charge is 0.302 e. The molecule has 1 unspecified atom stereocenters. The number of ether oxygens (including phenoxy) is 2. The third-order valence-corrected chi connectivity index (χ3v) is 0.769. The van der Waals surface area contributed by atoms with E-state index in [-0.39, 0.29) is 17.5 Å². The zero-order chi connectivity index (χ0) is 7.28. The predicted molar refractivity (Wildman–Crippen MR) is 36.7 cm³/mol. The van der Waals surface area contributed by atoms with Crippen LogP contribution in [0.2, 0.25) is 0 Å². The second kappa shape index (κ2) is 6.51. The van der Waals surface area contributed by atoms with Gasteiger partial charge in [-0.25, -0.2) is 0 Å². The molecule has 0 saturated carbocycles. The first-order valence-electron chi connectivity index (χ1n) is 2.83. The van der Waals surface area contributed by atoms with Crippen molar-refractivity contribution in [2.24, 2.45) is 0 Å². The van der Waals surface area contributed by atoms with E-state index in [0.717, 1.165) is 0 Å². The van der Waals surface area contributed by atoms with E-state index in [1.165, 1.54) is 6.92 Å². The van der Waals surface area contributed by atoms with Gasteiger partial charge in [0, 0.05) is 14.0 Å². The highest BCUT2D eigenvalue weighted by molar-refractivity contribution is 5.66. The SMILES string of the molecule is COCC(C)OC(C)=O.O. The molecule has 0 aliphatic heterocycles. The van der Waals surface area contributed by atoms with Gasteiger partial charge < -0.3 is 14.9 Å². The molecule has 1 atom stereocenters. The number of carbonyl (C=O) groups is 1. The van der Waals surface area contributed by atoms with Crippen LogP contribution in [0.15, 0.2) is 0 Å². The van der Waals surface area contributed by atoms with Crippen LogP contribution in [-0.2, 0) is 14.3 Å². The Morgan fingerprint density at radius 1 is 1.60 bits per heavy atom. The van der Waals surface area contributed by atoms with Crippen molar-refractivity contribution in [2.45, 2.75) is 20.0 Å². The molecule has 62 valence electrons. The van der Waals surface area contributed by atoms with Gasteiger partial charge in [0.25, 0.3) is 0 Å². The normalized spacial score (nSPS) is 11.5. The van der Waals surface area contributed by atoms with Crippen molar-refractivity contribution < 1.29 is 19.7 Å². The summed E-state index contributed by atoms with van der Waals surface area (Å²) >= 11 is 0. The molecule has 0 fully saturated rings. The van der Waals surface area contributed by atoms with E-state index in [9.17, 15) is 4.79 Å². The minimum absolute atomic E-state index is 0. The van der Waals surface area contributed by atoms with E-state index in [1.807, 2.05) is 0 Å². The highest BCUT2D eigenvalue weighted by atomic mass is 16.6. The Balaban J connectivity index is 0. The summed E-state index contributed by atoms with van der Waals surface area (Å²) < 4.78 is 9.45. The molecule has 0 saturated heterocycles. The molecule has 0 aromatic rings. The lowest BCUT2D eigenvalue weighted by Gasteiger charge is -2.08. The summed E-state index contributed by atoms with van der Waals surface area (Å²) in [6.07, 6.45) is -0.132. The summed E-state index contributed by atoms with van der Waals surface area (Å²) in [6, 6.07) is 0. The second-order valence-electron chi connectivity index (χ2n) is 1.88. The Morgan fingerprint density at radius 3 is 2.40 bits per heavy atom. The van der Waals surface area contributed by atoms with Crippen molar-refractivity contribution in [2.75, 3.05) is 13.7 Å². The fourth-order valence-electron chi connectivity index (χ4n) is 0.552. The van der Waals surface area contributed by atoms with Gasteiger partial charge in [0.2, 0.25) is 0 Å². The van der Waals surface area contributed by atoms with Crippen LogP contribution in [0.5, 0.6) is 0 Å². The minimum atomic E-state index is -0.264. The molecule has 0 aromatic heterocycles. The van der Waals surface area contributed by atoms with Crippen LogP contribution in [-0.4, -0.2) is 31.3 Å². The minimum Gasteiger partial charge on any atom is -0.460 e. The first-order valence-corrected chi connectivity index (χ1v) is 2.83.